The number of pyridine rings is 1. The number of carbonyl (C=O) groups excluding carboxylic acids is 1. The Morgan fingerprint density at radius 2 is 2.24 bits per heavy atom. The Hall–Kier alpha value is -2.17. The Kier molecular flexibility index (Phi) is 3.73. The fraction of sp³-hybridized carbons (Fsp3) is 0.438. The topological polar surface area (TPSA) is 59.8 Å². The van der Waals surface area contributed by atoms with E-state index >= 15 is 0 Å². The molecule has 5 nitrogen and oxygen atoms in total. The van der Waals surface area contributed by atoms with Gasteiger partial charge in [-0.25, -0.2) is 0 Å². The lowest BCUT2D eigenvalue weighted by Gasteiger charge is -2.15. The summed E-state index contributed by atoms with van der Waals surface area (Å²) in [6.45, 7) is 1.98. The Morgan fingerprint density at radius 3 is 3.10 bits per heavy atom. The van der Waals surface area contributed by atoms with E-state index in [0.29, 0.717) is 0 Å². The lowest BCUT2D eigenvalue weighted by atomic mass is 9.99. The molecule has 110 valence electrons. The van der Waals surface area contributed by atoms with Gasteiger partial charge in [0.25, 0.3) is 0 Å². The van der Waals surface area contributed by atoms with Crippen molar-refractivity contribution in [3.63, 3.8) is 0 Å². The molecule has 0 fully saturated rings. The molecule has 5 heteroatoms. The Labute approximate surface area is 124 Å². The highest BCUT2D eigenvalue weighted by Gasteiger charge is 2.19. The van der Waals surface area contributed by atoms with Crippen LogP contribution in [0.1, 0.15) is 31.9 Å². The van der Waals surface area contributed by atoms with Gasteiger partial charge in [-0.05, 0) is 37.0 Å². The minimum atomic E-state index is 0.0125. The highest BCUT2D eigenvalue weighted by atomic mass is 16.2. The maximum atomic E-state index is 12.3. The highest BCUT2D eigenvalue weighted by molar-refractivity contribution is 5.95. The first kappa shape index (κ1) is 13.8. The van der Waals surface area contributed by atoms with Crippen molar-refractivity contribution in [2.45, 2.75) is 32.6 Å². The van der Waals surface area contributed by atoms with E-state index in [4.69, 9.17) is 0 Å². The average Bonchev–Trinajstić information content (AvgIpc) is 2.84. The standard InChI is InChI=1S/C16H20N4O/c1-11-5-3-4-6-13-9-12(7-8-17-13)14-10-18-20(2)15(14)19-16(11)21/h7-11H,3-6H2,1-2H3,(H,19,21). The maximum Gasteiger partial charge on any atom is 0.228 e. The van der Waals surface area contributed by atoms with E-state index < -0.39 is 0 Å². The number of nitrogens with one attached hydrogen (secondary N) is 1. The van der Waals surface area contributed by atoms with Crippen molar-refractivity contribution in [1.29, 1.82) is 0 Å². The van der Waals surface area contributed by atoms with E-state index in [1.54, 1.807) is 10.9 Å². The fourth-order valence-corrected chi connectivity index (χ4v) is 2.71. The van der Waals surface area contributed by atoms with Crippen LogP contribution >= 0.6 is 0 Å². The van der Waals surface area contributed by atoms with Gasteiger partial charge in [0.1, 0.15) is 5.82 Å². The lowest BCUT2D eigenvalue weighted by molar-refractivity contribution is -0.119. The van der Waals surface area contributed by atoms with E-state index in [-0.39, 0.29) is 11.8 Å². The lowest BCUT2D eigenvalue weighted by Crippen LogP contribution is -2.22. The second-order valence-electron chi connectivity index (χ2n) is 5.70. The molecule has 2 aromatic rings. The summed E-state index contributed by atoms with van der Waals surface area (Å²) in [4.78, 5) is 16.7. The molecule has 0 radical (unpaired) electrons. The van der Waals surface area contributed by atoms with Gasteiger partial charge in [0, 0.05) is 30.4 Å². The number of carbonyl (C=O) groups is 1. The molecule has 21 heavy (non-hydrogen) atoms. The molecule has 0 saturated heterocycles. The summed E-state index contributed by atoms with van der Waals surface area (Å²) >= 11 is 0. The monoisotopic (exact) mass is 284 g/mol. The van der Waals surface area contributed by atoms with Crippen LogP contribution in [0.15, 0.2) is 24.5 Å². The molecule has 2 aromatic heterocycles. The van der Waals surface area contributed by atoms with Crippen LogP contribution < -0.4 is 5.32 Å². The Bertz CT molecular complexity index is 662. The van der Waals surface area contributed by atoms with Crippen molar-refractivity contribution in [3.05, 3.63) is 30.2 Å². The quantitative estimate of drug-likeness (QED) is 0.809. The summed E-state index contributed by atoms with van der Waals surface area (Å²) in [5.74, 6) is 0.831. The summed E-state index contributed by atoms with van der Waals surface area (Å²) in [5.41, 5.74) is 3.10. The number of hydrogen-bond acceptors (Lipinski definition) is 3. The summed E-state index contributed by atoms with van der Waals surface area (Å²) in [5, 5.41) is 7.31. The first-order valence-corrected chi connectivity index (χ1v) is 7.43. The van der Waals surface area contributed by atoms with Crippen molar-refractivity contribution in [2.75, 3.05) is 5.32 Å². The number of aromatic nitrogens is 3. The molecule has 0 aliphatic carbocycles. The van der Waals surface area contributed by atoms with Gasteiger partial charge in [0.05, 0.1) is 6.20 Å². The van der Waals surface area contributed by atoms with E-state index in [1.807, 2.05) is 26.2 Å². The Morgan fingerprint density at radius 1 is 1.38 bits per heavy atom. The third-order valence-corrected chi connectivity index (χ3v) is 4.08. The van der Waals surface area contributed by atoms with Gasteiger partial charge in [0.2, 0.25) is 5.91 Å². The molecule has 1 unspecified atom stereocenters. The number of nitrogens with zero attached hydrogens (tertiary/aromatic N) is 3. The van der Waals surface area contributed by atoms with Gasteiger partial charge in [0.15, 0.2) is 0 Å². The molecule has 3 heterocycles. The highest BCUT2D eigenvalue weighted by Crippen LogP contribution is 2.29. The third-order valence-electron chi connectivity index (χ3n) is 4.08. The summed E-state index contributed by atoms with van der Waals surface area (Å²) in [7, 11) is 1.84. The van der Waals surface area contributed by atoms with E-state index in [1.165, 1.54) is 0 Å². The number of anilines is 1. The number of hydrogen-bond donors (Lipinski definition) is 1. The molecular formula is C16H20N4O. The van der Waals surface area contributed by atoms with Crippen LogP contribution in [-0.2, 0) is 18.3 Å². The second kappa shape index (κ2) is 5.68. The summed E-state index contributed by atoms with van der Waals surface area (Å²) in [6, 6.07) is 4.06. The molecule has 1 amide bonds. The van der Waals surface area contributed by atoms with Crippen molar-refractivity contribution in [1.82, 2.24) is 14.8 Å². The minimum absolute atomic E-state index is 0.0125. The molecule has 1 N–H and O–H groups in total. The molecular weight excluding hydrogens is 264 g/mol. The second-order valence-corrected chi connectivity index (χ2v) is 5.70. The fourth-order valence-electron chi connectivity index (χ4n) is 2.71. The van der Waals surface area contributed by atoms with Crippen molar-refractivity contribution >= 4 is 11.7 Å². The molecule has 3 rings (SSSR count). The van der Waals surface area contributed by atoms with Crippen LogP contribution in [0.4, 0.5) is 5.82 Å². The van der Waals surface area contributed by atoms with Crippen LogP contribution in [-0.4, -0.2) is 20.7 Å². The number of rotatable bonds is 0. The Balaban J connectivity index is 2.06. The molecule has 1 atom stereocenters. The first-order valence-electron chi connectivity index (χ1n) is 7.43. The average molecular weight is 284 g/mol. The maximum absolute atomic E-state index is 12.3. The van der Waals surface area contributed by atoms with Gasteiger partial charge in [-0.15, -0.1) is 0 Å². The molecule has 0 aromatic carbocycles. The molecule has 1 aliphatic rings. The largest absolute Gasteiger partial charge is 0.310 e. The molecule has 0 saturated carbocycles. The normalized spacial score (nSPS) is 19.1. The van der Waals surface area contributed by atoms with Gasteiger partial charge >= 0.3 is 0 Å². The predicted molar refractivity (Wildman–Crippen MR) is 81.8 cm³/mol. The van der Waals surface area contributed by atoms with Gasteiger partial charge in [-0.2, -0.15) is 5.10 Å². The van der Waals surface area contributed by atoms with Crippen molar-refractivity contribution in [3.8, 4) is 11.1 Å². The van der Waals surface area contributed by atoms with E-state index in [2.05, 4.69) is 21.5 Å². The summed E-state index contributed by atoms with van der Waals surface area (Å²) < 4.78 is 1.71. The predicted octanol–water partition coefficient (Wildman–Crippen LogP) is 2.78. The number of fused-ring (bicyclic) bond motifs is 4. The van der Waals surface area contributed by atoms with E-state index in [0.717, 1.165) is 48.3 Å². The number of amides is 1. The van der Waals surface area contributed by atoms with Crippen LogP contribution in [0.25, 0.3) is 11.1 Å². The first-order chi connectivity index (χ1) is 10.1. The molecule has 0 spiro atoms. The number of aryl methyl sites for hydroxylation is 2. The van der Waals surface area contributed by atoms with Gasteiger partial charge in [-0.1, -0.05) is 13.3 Å². The molecule has 1 aliphatic heterocycles. The van der Waals surface area contributed by atoms with Crippen molar-refractivity contribution < 1.29 is 4.79 Å². The van der Waals surface area contributed by atoms with Crippen LogP contribution in [0.2, 0.25) is 0 Å². The van der Waals surface area contributed by atoms with Crippen molar-refractivity contribution in [2.24, 2.45) is 13.0 Å². The minimum Gasteiger partial charge on any atom is -0.310 e. The zero-order valence-electron chi connectivity index (χ0n) is 12.5. The van der Waals surface area contributed by atoms with Crippen LogP contribution in [0, 0.1) is 5.92 Å². The SMILES string of the molecule is CC1CCCCc2cc(ccn2)-c2cnn(C)c2NC1=O. The molecule has 2 bridgehead atoms. The van der Waals surface area contributed by atoms with Crippen LogP contribution in [0.3, 0.4) is 0 Å². The van der Waals surface area contributed by atoms with Gasteiger partial charge < -0.3 is 5.32 Å². The van der Waals surface area contributed by atoms with Crippen LogP contribution in [0.5, 0.6) is 0 Å². The zero-order chi connectivity index (χ0) is 14.8. The van der Waals surface area contributed by atoms with E-state index in [9.17, 15) is 4.79 Å². The summed E-state index contributed by atoms with van der Waals surface area (Å²) in [6.07, 6.45) is 7.59. The smallest absolute Gasteiger partial charge is 0.228 e. The third kappa shape index (κ3) is 2.82. The van der Waals surface area contributed by atoms with Gasteiger partial charge in [-0.3, -0.25) is 14.5 Å². The zero-order valence-corrected chi connectivity index (χ0v) is 12.5.